The lowest BCUT2D eigenvalue weighted by Crippen LogP contribution is -2.32. The number of benzene rings is 2. The first-order valence-electron chi connectivity index (χ1n) is 8.97. The first-order chi connectivity index (χ1) is 15.3. The lowest BCUT2D eigenvalue weighted by atomic mass is 10.3. The molecule has 0 fully saturated rings. The van der Waals surface area contributed by atoms with Gasteiger partial charge in [0.25, 0.3) is 21.8 Å². The molecule has 0 radical (unpaired) electrons. The van der Waals surface area contributed by atoms with Crippen molar-refractivity contribution in [3.8, 4) is 0 Å². The number of nitrogens with one attached hydrogen (secondary N) is 2. The molecule has 1 aromatic heterocycles. The van der Waals surface area contributed by atoms with E-state index in [0.717, 1.165) is 8.47 Å². The zero-order valence-electron chi connectivity index (χ0n) is 16.0. The molecule has 0 unspecified atom stereocenters. The lowest BCUT2D eigenvalue weighted by Gasteiger charge is -2.15. The zero-order valence-corrected chi connectivity index (χ0v) is 19.7. The smallest absolute Gasteiger partial charge is 0.283 e. The van der Waals surface area contributed by atoms with Crippen molar-refractivity contribution in [3.05, 3.63) is 81.3 Å². The number of halogens is 2. The van der Waals surface area contributed by atoms with Gasteiger partial charge in [0, 0.05) is 21.7 Å². The second-order valence-electron chi connectivity index (χ2n) is 6.44. The van der Waals surface area contributed by atoms with E-state index in [1.54, 1.807) is 30.3 Å². The Kier molecular flexibility index (Phi) is 6.13. The molecule has 2 amide bonds. The number of carbonyl (C=O) groups is 2. The Bertz CT molecular complexity index is 1330. The maximum Gasteiger partial charge on any atom is 0.283 e. The normalized spacial score (nSPS) is 14.1. The van der Waals surface area contributed by atoms with Crippen LogP contribution < -0.4 is 14.9 Å². The van der Waals surface area contributed by atoms with Crippen LogP contribution in [0.5, 0.6) is 0 Å². The molecule has 0 atom stereocenters. The topological polar surface area (TPSA) is 121 Å². The second kappa shape index (κ2) is 8.84. The monoisotopic (exact) mass is 581 g/mol. The average Bonchev–Trinajstić information content (AvgIpc) is 2.98. The average molecular weight is 582 g/mol. The number of hydrogen-bond acceptors (Lipinski definition) is 7. The highest BCUT2D eigenvalue weighted by atomic mass is 127. The fourth-order valence-corrected chi connectivity index (χ4v) is 4.36. The maximum atomic E-state index is 12.8. The summed E-state index contributed by atoms with van der Waals surface area (Å²) in [5.41, 5.74) is 0.673. The quantitative estimate of drug-likeness (QED) is 0.338. The summed E-state index contributed by atoms with van der Waals surface area (Å²) in [7, 11) is -3.91. The van der Waals surface area contributed by atoms with E-state index in [4.69, 9.17) is 11.6 Å². The Hall–Kier alpha value is -3.03. The van der Waals surface area contributed by atoms with E-state index in [-0.39, 0.29) is 21.6 Å². The van der Waals surface area contributed by atoms with Crippen LogP contribution in [0, 0.1) is 3.57 Å². The van der Waals surface area contributed by atoms with Crippen LogP contribution in [0.1, 0.15) is 0 Å². The second-order valence-corrected chi connectivity index (χ2v) is 9.74. The molecule has 0 spiro atoms. The molecule has 1 aliphatic rings. The molecule has 9 nitrogen and oxygen atoms in total. The van der Waals surface area contributed by atoms with Gasteiger partial charge >= 0.3 is 0 Å². The number of hydrogen-bond donors (Lipinski definition) is 2. The first-order valence-corrected chi connectivity index (χ1v) is 11.9. The third-order valence-electron chi connectivity index (χ3n) is 4.34. The van der Waals surface area contributed by atoms with Gasteiger partial charge in [0.05, 0.1) is 10.6 Å². The summed E-state index contributed by atoms with van der Waals surface area (Å²) in [6.07, 6.45) is 2.82. The van der Waals surface area contributed by atoms with Crippen LogP contribution in [0.25, 0.3) is 0 Å². The molecule has 2 aromatic carbocycles. The first kappa shape index (κ1) is 22.2. The molecule has 0 aliphatic carbocycles. The molecular formula is C20H13ClIN5O4S. The van der Waals surface area contributed by atoms with E-state index < -0.39 is 21.8 Å². The van der Waals surface area contributed by atoms with Crippen LogP contribution in [0.15, 0.2) is 82.6 Å². The molecule has 0 saturated heterocycles. The number of anilines is 3. The van der Waals surface area contributed by atoms with Crippen molar-refractivity contribution < 1.29 is 18.0 Å². The fourth-order valence-electron chi connectivity index (χ4n) is 2.83. The third kappa shape index (κ3) is 4.45. The molecule has 12 heteroatoms. The van der Waals surface area contributed by atoms with Crippen LogP contribution in [0.3, 0.4) is 0 Å². The predicted octanol–water partition coefficient (Wildman–Crippen LogP) is 3.32. The fraction of sp³-hybridized carbons (Fsp3) is 0. The van der Waals surface area contributed by atoms with Crippen LogP contribution >= 0.6 is 34.2 Å². The molecule has 0 saturated carbocycles. The highest BCUT2D eigenvalue weighted by Crippen LogP contribution is 2.30. The van der Waals surface area contributed by atoms with Gasteiger partial charge in [-0.15, -0.1) is 0 Å². The molecule has 3 aromatic rings. The summed E-state index contributed by atoms with van der Waals surface area (Å²) in [6.45, 7) is 0. The number of rotatable bonds is 6. The maximum absolute atomic E-state index is 12.8. The van der Waals surface area contributed by atoms with Gasteiger partial charge in [-0.05, 0) is 77.2 Å². The molecule has 162 valence electrons. The summed E-state index contributed by atoms with van der Waals surface area (Å²) in [5, 5.41) is 2.55. The summed E-state index contributed by atoms with van der Waals surface area (Å²) in [4.78, 5) is 34.0. The van der Waals surface area contributed by atoms with Gasteiger partial charge in [-0.25, -0.2) is 28.0 Å². The van der Waals surface area contributed by atoms with Crippen molar-refractivity contribution in [2.24, 2.45) is 0 Å². The minimum atomic E-state index is -3.91. The van der Waals surface area contributed by atoms with Crippen LogP contribution in [-0.4, -0.2) is 30.2 Å². The van der Waals surface area contributed by atoms with Crippen molar-refractivity contribution in [2.75, 3.05) is 14.9 Å². The van der Waals surface area contributed by atoms with E-state index in [9.17, 15) is 18.0 Å². The van der Waals surface area contributed by atoms with E-state index in [0.29, 0.717) is 11.4 Å². The summed E-state index contributed by atoms with van der Waals surface area (Å²) >= 11 is 8.24. The standard InChI is InChI=1S/C20H13ClIN5O4S/c21-16-17(19(29)27(18(16)28)14-6-2-12(22)3-7-14)25-13-4-8-15(9-5-13)32(30,31)26-20-23-10-1-11-24-20/h1-11,25H,(H,23,24,26). The molecule has 2 heterocycles. The Morgan fingerprint density at radius 1 is 0.906 bits per heavy atom. The van der Waals surface area contributed by atoms with Crippen molar-refractivity contribution >= 4 is 73.4 Å². The highest BCUT2D eigenvalue weighted by Gasteiger charge is 2.38. The van der Waals surface area contributed by atoms with Crippen LogP contribution in [0.2, 0.25) is 0 Å². The van der Waals surface area contributed by atoms with Crippen molar-refractivity contribution in [1.82, 2.24) is 9.97 Å². The van der Waals surface area contributed by atoms with Crippen molar-refractivity contribution in [1.29, 1.82) is 0 Å². The molecule has 0 bridgehead atoms. The summed E-state index contributed by atoms with van der Waals surface area (Å²) < 4.78 is 28.2. The molecule has 2 N–H and O–H groups in total. The van der Waals surface area contributed by atoms with Gasteiger partial charge < -0.3 is 5.32 Å². The van der Waals surface area contributed by atoms with E-state index >= 15 is 0 Å². The minimum absolute atomic E-state index is 0.0371. The van der Waals surface area contributed by atoms with Gasteiger partial charge in [-0.3, -0.25) is 9.59 Å². The van der Waals surface area contributed by atoms with Gasteiger partial charge in [-0.2, -0.15) is 0 Å². The third-order valence-corrected chi connectivity index (χ3v) is 6.75. The summed E-state index contributed by atoms with van der Waals surface area (Å²) in [5.74, 6) is -1.31. The minimum Gasteiger partial charge on any atom is -0.350 e. The predicted molar refractivity (Wildman–Crippen MR) is 127 cm³/mol. The number of amides is 2. The lowest BCUT2D eigenvalue weighted by molar-refractivity contribution is -0.120. The van der Waals surface area contributed by atoms with Crippen molar-refractivity contribution in [3.63, 3.8) is 0 Å². The largest absolute Gasteiger partial charge is 0.350 e. The Labute approximate surface area is 201 Å². The summed E-state index contributed by atoms with van der Waals surface area (Å²) in [6, 6.07) is 14.0. The number of nitrogens with zero attached hydrogens (tertiary/aromatic N) is 3. The number of imide groups is 1. The molecule has 1 aliphatic heterocycles. The van der Waals surface area contributed by atoms with Gasteiger partial charge in [-0.1, -0.05) is 11.6 Å². The van der Waals surface area contributed by atoms with E-state index in [2.05, 4.69) is 42.6 Å². The SMILES string of the molecule is O=C1C(Cl)=C(Nc2ccc(S(=O)(=O)Nc3ncccn3)cc2)C(=O)N1c1ccc(I)cc1. The van der Waals surface area contributed by atoms with Crippen LogP contribution in [0.4, 0.5) is 17.3 Å². The van der Waals surface area contributed by atoms with Gasteiger partial charge in [0.2, 0.25) is 5.95 Å². The number of aromatic nitrogens is 2. The van der Waals surface area contributed by atoms with E-state index in [1.807, 2.05) is 0 Å². The zero-order chi connectivity index (χ0) is 22.9. The molecule has 4 rings (SSSR count). The van der Waals surface area contributed by atoms with Crippen molar-refractivity contribution in [2.45, 2.75) is 4.90 Å². The number of carbonyl (C=O) groups excluding carboxylic acids is 2. The molecule has 32 heavy (non-hydrogen) atoms. The Morgan fingerprint density at radius 3 is 2.16 bits per heavy atom. The van der Waals surface area contributed by atoms with Crippen LogP contribution in [-0.2, 0) is 19.6 Å². The number of sulfonamides is 1. The molecular weight excluding hydrogens is 569 g/mol. The van der Waals surface area contributed by atoms with Gasteiger partial charge in [0.15, 0.2) is 0 Å². The Balaban J connectivity index is 1.52. The van der Waals surface area contributed by atoms with Gasteiger partial charge in [0.1, 0.15) is 10.7 Å². The highest BCUT2D eigenvalue weighted by molar-refractivity contribution is 14.1. The Morgan fingerprint density at radius 2 is 1.53 bits per heavy atom. The van der Waals surface area contributed by atoms with E-state index in [1.165, 1.54) is 36.7 Å².